The van der Waals surface area contributed by atoms with Gasteiger partial charge in [-0.05, 0) is 79.9 Å². The van der Waals surface area contributed by atoms with Crippen LogP contribution in [0, 0.1) is 6.92 Å². The molecule has 1 atom stereocenters. The van der Waals surface area contributed by atoms with Gasteiger partial charge in [-0.2, -0.15) is 5.10 Å². The molecule has 0 saturated carbocycles. The molecule has 202 valence electrons. The standard InChI is InChI=1S/C33H33N5O2/c1-4-24-13-17-26(18-14-24)34-33(39)37-22-29-23(3)35-38(27-10-7-6-8-11-27)32(29)36-21-9-12-30(36)31(37)25-15-19-28(20-16-25)40-5-2/h6-21,31H,4-5,22H2,1-3H3,(H,34,39). The van der Waals surface area contributed by atoms with Crippen LogP contribution in [0.1, 0.15) is 48.0 Å². The lowest BCUT2D eigenvalue weighted by molar-refractivity contribution is 0.194. The van der Waals surface area contributed by atoms with E-state index in [4.69, 9.17) is 9.84 Å². The number of benzene rings is 3. The van der Waals surface area contributed by atoms with Crippen molar-refractivity contribution in [2.75, 3.05) is 11.9 Å². The number of para-hydroxylation sites is 1. The van der Waals surface area contributed by atoms with Gasteiger partial charge in [0.05, 0.1) is 36.3 Å². The number of urea groups is 1. The third-order valence-electron chi connectivity index (χ3n) is 7.47. The first-order chi connectivity index (χ1) is 19.6. The van der Waals surface area contributed by atoms with Crippen LogP contribution in [0.15, 0.2) is 97.2 Å². The third-order valence-corrected chi connectivity index (χ3v) is 7.47. The summed E-state index contributed by atoms with van der Waals surface area (Å²) in [5, 5.41) is 8.09. The topological polar surface area (TPSA) is 64.3 Å². The minimum Gasteiger partial charge on any atom is -0.494 e. The number of carbonyl (C=O) groups excluding carboxylic acids is 1. The highest BCUT2D eigenvalue weighted by atomic mass is 16.5. The van der Waals surface area contributed by atoms with E-state index >= 15 is 0 Å². The number of amides is 2. The van der Waals surface area contributed by atoms with Gasteiger partial charge < -0.3 is 19.5 Å². The van der Waals surface area contributed by atoms with E-state index in [0.717, 1.165) is 51.9 Å². The second-order valence-electron chi connectivity index (χ2n) is 9.95. The Balaban J connectivity index is 1.49. The summed E-state index contributed by atoms with van der Waals surface area (Å²) in [5.41, 5.74) is 6.84. The number of aryl methyl sites for hydroxylation is 2. The van der Waals surface area contributed by atoms with Crippen LogP contribution in [0.3, 0.4) is 0 Å². The van der Waals surface area contributed by atoms with Gasteiger partial charge in [0, 0.05) is 17.4 Å². The predicted octanol–water partition coefficient (Wildman–Crippen LogP) is 7.07. The number of aromatic nitrogens is 3. The van der Waals surface area contributed by atoms with Crippen molar-refractivity contribution >= 4 is 11.7 Å². The van der Waals surface area contributed by atoms with Crippen molar-refractivity contribution in [3.05, 3.63) is 125 Å². The van der Waals surface area contributed by atoms with Crippen LogP contribution in [-0.4, -0.2) is 31.9 Å². The summed E-state index contributed by atoms with van der Waals surface area (Å²) in [5.74, 6) is 1.75. The molecule has 2 amide bonds. The molecule has 1 unspecified atom stereocenters. The molecular formula is C33H33N5O2. The molecule has 6 rings (SSSR count). The summed E-state index contributed by atoms with van der Waals surface area (Å²) in [6.45, 7) is 7.10. The average molecular weight is 532 g/mol. The van der Waals surface area contributed by atoms with E-state index in [1.54, 1.807) is 0 Å². The average Bonchev–Trinajstić information content (AvgIpc) is 3.55. The van der Waals surface area contributed by atoms with Crippen molar-refractivity contribution in [1.82, 2.24) is 19.2 Å². The molecule has 7 heteroatoms. The van der Waals surface area contributed by atoms with Crippen molar-refractivity contribution < 1.29 is 9.53 Å². The van der Waals surface area contributed by atoms with Crippen molar-refractivity contribution in [2.24, 2.45) is 0 Å². The number of hydrogen-bond donors (Lipinski definition) is 1. The number of rotatable bonds is 6. The van der Waals surface area contributed by atoms with E-state index < -0.39 is 0 Å². The number of nitrogens with zero attached hydrogens (tertiary/aromatic N) is 4. The van der Waals surface area contributed by atoms with Crippen LogP contribution in [0.4, 0.5) is 10.5 Å². The number of anilines is 1. The van der Waals surface area contributed by atoms with Gasteiger partial charge >= 0.3 is 6.03 Å². The Labute approximate surface area is 234 Å². The molecule has 0 spiro atoms. The first-order valence-electron chi connectivity index (χ1n) is 13.8. The summed E-state index contributed by atoms with van der Waals surface area (Å²) in [7, 11) is 0. The molecule has 0 fully saturated rings. The predicted molar refractivity (Wildman–Crippen MR) is 157 cm³/mol. The van der Waals surface area contributed by atoms with Gasteiger partial charge in [0.25, 0.3) is 0 Å². The summed E-state index contributed by atoms with van der Waals surface area (Å²) < 4.78 is 9.86. The Bertz CT molecular complexity index is 1620. The van der Waals surface area contributed by atoms with Crippen LogP contribution in [-0.2, 0) is 13.0 Å². The largest absolute Gasteiger partial charge is 0.494 e. The Kier molecular flexibility index (Phi) is 6.86. The minimum atomic E-state index is -0.336. The van der Waals surface area contributed by atoms with Gasteiger partial charge in [-0.25, -0.2) is 9.48 Å². The van der Waals surface area contributed by atoms with Crippen molar-refractivity contribution in [1.29, 1.82) is 0 Å². The minimum absolute atomic E-state index is 0.171. The lowest BCUT2D eigenvalue weighted by atomic mass is 10.0. The molecule has 1 N–H and O–H groups in total. The van der Waals surface area contributed by atoms with Crippen LogP contribution < -0.4 is 10.1 Å². The molecule has 2 aromatic heterocycles. The second-order valence-corrected chi connectivity index (χ2v) is 9.95. The van der Waals surface area contributed by atoms with Crippen LogP contribution in [0.5, 0.6) is 5.75 Å². The molecule has 1 aliphatic heterocycles. The normalized spacial score (nSPS) is 14.3. The Morgan fingerprint density at radius 2 is 1.70 bits per heavy atom. The number of carbonyl (C=O) groups is 1. The van der Waals surface area contributed by atoms with Crippen molar-refractivity contribution in [2.45, 2.75) is 39.8 Å². The van der Waals surface area contributed by atoms with Gasteiger partial charge in [-0.3, -0.25) is 0 Å². The molecule has 0 bridgehead atoms. The van der Waals surface area contributed by atoms with Crippen LogP contribution in [0.2, 0.25) is 0 Å². The van der Waals surface area contributed by atoms with Gasteiger partial charge in [-0.15, -0.1) is 0 Å². The molecule has 0 aliphatic carbocycles. The molecule has 5 aromatic rings. The Morgan fingerprint density at radius 1 is 0.950 bits per heavy atom. The van der Waals surface area contributed by atoms with Gasteiger partial charge in [0.2, 0.25) is 0 Å². The molecule has 1 aliphatic rings. The maximum absolute atomic E-state index is 14.1. The maximum Gasteiger partial charge on any atom is 0.322 e. The third kappa shape index (κ3) is 4.64. The van der Waals surface area contributed by atoms with Crippen LogP contribution >= 0.6 is 0 Å². The van der Waals surface area contributed by atoms with E-state index in [9.17, 15) is 4.79 Å². The van der Waals surface area contributed by atoms with E-state index in [0.29, 0.717) is 13.2 Å². The van der Waals surface area contributed by atoms with Crippen LogP contribution in [0.25, 0.3) is 11.5 Å². The zero-order valence-corrected chi connectivity index (χ0v) is 23.0. The molecule has 3 aromatic carbocycles. The summed E-state index contributed by atoms with van der Waals surface area (Å²) in [6, 6.07) is 29.8. The second kappa shape index (κ2) is 10.8. The fourth-order valence-corrected chi connectivity index (χ4v) is 5.43. The smallest absolute Gasteiger partial charge is 0.322 e. The molecule has 0 radical (unpaired) electrons. The first-order valence-corrected chi connectivity index (χ1v) is 13.8. The zero-order chi connectivity index (χ0) is 27.6. The number of fused-ring (bicyclic) bond motifs is 3. The van der Waals surface area contributed by atoms with E-state index in [-0.39, 0.29) is 12.1 Å². The Hall–Kier alpha value is -4.78. The van der Waals surface area contributed by atoms with E-state index in [1.807, 2.05) is 72.0 Å². The summed E-state index contributed by atoms with van der Waals surface area (Å²) in [4.78, 5) is 16.0. The maximum atomic E-state index is 14.1. The highest BCUT2D eigenvalue weighted by molar-refractivity contribution is 5.90. The first kappa shape index (κ1) is 25.5. The summed E-state index contributed by atoms with van der Waals surface area (Å²) in [6.07, 6.45) is 3.01. The lowest BCUT2D eigenvalue weighted by Gasteiger charge is -2.31. The summed E-state index contributed by atoms with van der Waals surface area (Å²) >= 11 is 0. The van der Waals surface area contributed by atoms with E-state index in [1.165, 1.54) is 5.56 Å². The molecular weight excluding hydrogens is 498 g/mol. The number of ether oxygens (including phenoxy) is 1. The molecule has 0 saturated heterocycles. The van der Waals surface area contributed by atoms with Gasteiger partial charge in [0.1, 0.15) is 11.6 Å². The fraction of sp³-hybridized carbons (Fsp3) is 0.212. The monoisotopic (exact) mass is 531 g/mol. The highest BCUT2D eigenvalue weighted by Crippen LogP contribution is 2.39. The quantitative estimate of drug-likeness (QED) is 0.255. The van der Waals surface area contributed by atoms with Crippen molar-refractivity contribution in [3.8, 4) is 17.3 Å². The lowest BCUT2D eigenvalue weighted by Crippen LogP contribution is -2.38. The number of nitrogens with one attached hydrogen (secondary N) is 1. The van der Waals surface area contributed by atoms with Crippen molar-refractivity contribution in [3.63, 3.8) is 0 Å². The fourth-order valence-electron chi connectivity index (χ4n) is 5.43. The van der Waals surface area contributed by atoms with E-state index in [2.05, 4.69) is 65.5 Å². The molecule has 7 nitrogen and oxygen atoms in total. The van der Waals surface area contributed by atoms with Gasteiger partial charge in [0.15, 0.2) is 0 Å². The molecule has 40 heavy (non-hydrogen) atoms. The number of hydrogen-bond acceptors (Lipinski definition) is 3. The SMILES string of the molecule is CCOc1ccc(C2c3cccn3-c3c(c(C)nn3-c3ccccc3)CN2C(=O)Nc2ccc(CC)cc2)cc1. The highest BCUT2D eigenvalue weighted by Gasteiger charge is 2.36. The Morgan fingerprint density at radius 3 is 2.40 bits per heavy atom. The zero-order valence-electron chi connectivity index (χ0n) is 23.0. The van der Waals surface area contributed by atoms with Gasteiger partial charge in [-0.1, -0.05) is 49.4 Å². The molecule has 3 heterocycles.